The van der Waals surface area contributed by atoms with E-state index in [9.17, 15) is 27.9 Å². The first-order valence-corrected chi connectivity index (χ1v) is 20.9. The monoisotopic (exact) mass is 773 g/mol. The van der Waals surface area contributed by atoms with Crippen LogP contribution in [-0.4, -0.2) is 93.2 Å². The molecule has 2 aliphatic heterocycles. The van der Waals surface area contributed by atoms with Gasteiger partial charge in [0.2, 0.25) is 27.7 Å². The molecule has 2 aromatic carbocycles. The minimum Gasteiger partial charge on any atom is -0.472 e. The minimum atomic E-state index is -3.91. The van der Waals surface area contributed by atoms with E-state index >= 15 is 4.79 Å². The summed E-state index contributed by atoms with van der Waals surface area (Å²) in [5.41, 5.74) is -1.78. The Morgan fingerprint density at radius 2 is 1.67 bits per heavy atom. The number of carbonyl (C=O) groups excluding carboxylic acids is 3. The van der Waals surface area contributed by atoms with Crippen molar-refractivity contribution in [2.24, 2.45) is 17.8 Å². The first-order chi connectivity index (χ1) is 26.0. The third-order valence-corrected chi connectivity index (χ3v) is 13.5. The van der Waals surface area contributed by atoms with Crippen molar-refractivity contribution in [3.8, 4) is 5.88 Å². The summed E-state index contributed by atoms with van der Waals surface area (Å²) in [7, 11) is -3.91. The van der Waals surface area contributed by atoms with Crippen LogP contribution in [0.2, 0.25) is 0 Å². The third-order valence-electron chi connectivity index (χ3n) is 11.6. The van der Waals surface area contributed by atoms with Crippen molar-refractivity contribution in [3.05, 3.63) is 60.7 Å². The van der Waals surface area contributed by atoms with Crippen molar-refractivity contribution in [2.45, 2.75) is 114 Å². The Balaban J connectivity index is 1.28. The molecular formula is C41H51N5O8S. The van der Waals surface area contributed by atoms with Gasteiger partial charge in [0.1, 0.15) is 23.7 Å². The Bertz CT molecular complexity index is 2160. The molecule has 14 heteroatoms. The Morgan fingerprint density at radius 3 is 2.35 bits per heavy atom. The zero-order chi connectivity index (χ0) is 39.4. The Morgan fingerprint density at radius 1 is 1.00 bits per heavy atom. The minimum absolute atomic E-state index is 0.0269. The summed E-state index contributed by atoms with van der Waals surface area (Å²) in [5.74, 6) is -2.39. The number of nitrogens with zero attached hydrogens (tertiary/aromatic N) is 3. The van der Waals surface area contributed by atoms with E-state index in [2.05, 4.69) is 17.0 Å². The van der Waals surface area contributed by atoms with Crippen LogP contribution in [0.1, 0.15) is 79.6 Å². The van der Waals surface area contributed by atoms with Gasteiger partial charge in [0.05, 0.1) is 17.3 Å². The number of fused-ring (bicyclic) bond motifs is 5. The number of allylic oxidation sites excluding steroid dienone is 1. The summed E-state index contributed by atoms with van der Waals surface area (Å²) >= 11 is 0. The van der Waals surface area contributed by atoms with Gasteiger partial charge in [-0.1, -0.05) is 62.4 Å². The summed E-state index contributed by atoms with van der Waals surface area (Å²) in [6.07, 6.45) is 4.95. The van der Waals surface area contributed by atoms with Crippen molar-refractivity contribution in [1.82, 2.24) is 24.8 Å². The molecule has 0 spiro atoms. The number of rotatable bonds is 6. The molecule has 2 aliphatic carbocycles. The molecule has 3 N–H and O–H groups in total. The normalized spacial score (nSPS) is 29.1. The van der Waals surface area contributed by atoms with E-state index in [1.807, 2.05) is 67.6 Å². The van der Waals surface area contributed by atoms with E-state index in [1.165, 1.54) is 9.80 Å². The van der Waals surface area contributed by atoms with Gasteiger partial charge >= 0.3 is 6.09 Å². The third kappa shape index (κ3) is 7.61. The smallest absolute Gasteiger partial charge is 0.408 e. The molecule has 1 aromatic heterocycles. The topological polar surface area (TPSA) is 175 Å². The van der Waals surface area contributed by atoms with Crippen LogP contribution in [0.3, 0.4) is 0 Å². The second-order valence-corrected chi connectivity index (χ2v) is 19.0. The number of amides is 4. The summed E-state index contributed by atoms with van der Waals surface area (Å²) < 4.78 is 34.7. The van der Waals surface area contributed by atoms with Gasteiger partial charge in [-0.25, -0.2) is 18.2 Å². The molecule has 3 heterocycles. The average Bonchev–Trinajstić information content (AvgIpc) is 4.05. The van der Waals surface area contributed by atoms with E-state index < -0.39 is 80.2 Å². The molecule has 7 atom stereocenters. The van der Waals surface area contributed by atoms with Crippen molar-refractivity contribution >= 4 is 55.5 Å². The van der Waals surface area contributed by atoms with Crippen molar-refractivity contribution in [3.63, 3.8) is 0 Å². The molecule has 13 nitrogen and oxygen atoms in total. The molecule has 4 amide bonds. The first kappa shape index (κ1) is 38.6. The number of ether oxygens (including phenoxy) is 1. The fraction of sp³-hybridized carbons (Fsp3) is 0.537. The van der Waals surface area contributed by atoms with Crippen molar-refractivity contribution in [1.29, 1.82) is 0 Å². The second kappa shape index (κ2) is 14.4. The van der Waals surface area contributed by atoms with Gasteiger partial charge in [0.25, 0.3) is 5.91 Å². The Kier molecular flexibility index (Phi) is 10.1. The fourth-order valence-corrected chi connectivity index (χ4v) is 9.95. The van der Waals surface area contributed by atoms with Crippen LogP contribution in [-0.2, 0) is 24.4 Å². The number of nitrogens with one attached hydrogen (secondary N) is 2. The van der Waals surface area contributed by atoms with Crippen molar-refractivity contribution < 1.29 is 37.4 Å². The highest BCUT2D eigenvalue weighted by atomic mass is 32.2. The van der Waals surface area contributed by atoms with E-state index in [4.69, 9.17) is 9.72 Å². The lowest BCUT2D eigenvalue weighted by Crippen LogP contribution is -2.62. The molecule has 3 aromatic rings. The molecule has 4 aliphatic rings. The van der Waals surface area contributed by atoms with Crippen LogP contribution in [0.15, 0.2) is 60.7 Å². The zero-order valence-corrected chi connectivity index (χ0v) is 32.8. The number of para-hydroxylation sites is 1. The highest BCUT2D eigenvalue weighted by Crippen LogP contribution is 2.46. The molecule has 2 saturated carbocycles. The first-order valence-electron chi connectivity index (χ1n) is 19.3. The van der Waals surface area contributed by atoms with E-state index in [0.29, 0.717) is 37.1 Å². The van der Waals surface area contributed by atoms with Gasteiger partial charge in [-0.15, -0.1) is 0 Å². The molecule has 55 heavy (non-hydrogen) atoms. The van der Waals surface area contributed by atoms with Gasteiger partial charge in [-0.2, -0.15) is 0 Å². The van der Waals surface area contributed by atoms with Crippen LogP contribution >= 0.6 is 0 Å². The quantitative estimate of drug-likeness (QED) is 0.220. The molecule has 1 saturated heterocycles. The number of hydrogen-bond acceptors (Lipinski definition) is 8. The Hall–Kier alpha value is -4.72. The summed E-state index contributed by atoms with van der Waals surface area (Å²) in [6, 6.07) is 13.1. The van der Waals surface area contributed by atoms with Gasteiger partial charge in [-0.3, -0.25) is 24.0 Å². The van der Waals surface area contributed by atoms with E-state index in [1.54, 1.807) is 20.8 Å². The summed E-state index contributed by atoms with van der Waals surface area (Å²) in [6.45, 7) is 9.13. The van der Waals surface area contributed by atoms with E-state index in [-0.39, 0.29) is 25.3 Å². The van der Waals surface area contributed by atoms with Crippen LogP contribution < -0.4 is 14.8 Å². The summed E-state index contributed by atoms with van der Waals surface area (Å²) in [4.78, 5) is 64.0. The van der Waals surface area contributed by atoms with Gasteiger partial charge < -0.3 is 20.1 Å². The number of carboxylic acid groups (broad SMARTS) is 1. The fourth-order valence-electron chi connectivity index (χ4n) is 8.59. The molecule has 0 radical (unpaired) electrons. The maximum absolute atomic E-state index is 15.1. The lowest BCUT2D eigenvalue weighted by Gasteiger charge is -2.43. The van der Waals surface area contributed by atoms with Gasteiger partial charge in [0, 0.05) is 28.7 Å². The highest BCUT2D eigenvalue weighted by Gasteiger charge is 2.62. The molecule has 3 fully saturated rings. The van der Waals surface area contributed by atoms with E-state index in [0.717, 1.165) is 22.6 Å². The number of pyridine rings is 1. The highest BCUT2D eigenvalue weighted by molar-refractivity contribution is 7.91. The number of benzene rings is 2. The molecular weight excluding hydrogens is 723 g/mol. The second-order valence-electron chi connectivity index (χ2n) is 17.0. The zero-order valence-electron chi connectivity index (χ0n) is 32.0. The van der Waals surface area contributed by atoms with Gasteiger partial charge in [0.15, 0.2) is 0 Å². The van der Waals surface area contributed by atoms with Crippen LogP contribution in [0, 0.1) is 17.8 Å². The molecule has 0 bridgehead atoms. The SMILES string of the molecule is C[C@H]1CCC=C[C@@H]2C[C@@]2(C(=O)NS(=O)(=O)C2CC2)NC(=O)[C@@H]2C[C@@H](Oc3nc4ccccc4c4ccccc34)CN2C(=O)[C@@H](N(C(=O)O)C(C)(C)C)[C@H](C)C1. The lowest BCUT2D eigenvalue weighted by molar-refractivity contribution is -0.146. The number of sulfonamides is 1. The lowest BCUT2D eigenvalue weighted by atomic mass is 9.85. The molecule has 294 valence electrons. The summed E-state index contributed by atoms with van der Waals surface area (Å²) in [5, 5.41) is 15.5. The number of aromatic nitrogens is 1. The van der Waals surface area contributed by atoms with Gasteiger partial charge in [-0.05, 0) is 88.7 Å². The Labute approximate surface area is 321 Å². The maximum atomic E-state index is 15.1. The predicted octanol–water partition coefficient (Wildman–Crippen LogP) is 5.38. The maximum Gasteiger partial charge on any atom is 0.408 e. The van der Waals surface area contributed by atoms with Crippen LogP contribution in [0.25, 0.3) is 21.7 Å². The molecule has 7 rings (SSSR count). The predicted molar refractivity (Wildman–Crippen MR) is 208 cm³/mol. The average molecular weight is 774 g/mol. The van der Waals surface area contributed by atoms with Crippen molar-refractivity contribution in [2.75, 3.05) is 6.54 Å². The number of hydrogen-bond donors (Lipinski definition) is 3. The standard InChI is InChI=1S/C41H51N5O8S/c1-24-12-6-7-13-26-22-41(26,38(49)44-55(52,53)28-18-19-28)43-35(47)33-21-27(23-45(33)37(48)34(25(2)20-24)46(39(50)51)40(3,4)5)54-36-31-16-9-8-14-29(31)30-15-10-11-17-32(30)42-36/h7-11,13-17,24-28,33-34H,6,12,18-23H2,1-5H3,(H,43,47)(H,44,49)(H,50,51)/t24-,25+,26+,27+,33-,34-,41+/m0/s1. The van der Waals surface area contributed by atoms with Crippen LogP contribution in [0.5, 0.6) is 5.88 Å². The van der Waals surface area contributed by atoms with Crippen LogP contribution in [0.4, 0.5) is 4.79 Å². The largest absolute Gasteiger partial charge is 0.472 e. The number of carbonyl (C=O) groups is 4. The molecule has 0 unspecified atom stereocenters.